The standard InChI is InChI=1S/C19H14O6S/c1-26(22,23)12-8-6-11(7-9-12)14-10-15-17(25-18(14)20)13-4-2-3-5-16(13)24-19(15)21/h2-10,19,21H,1H3. The molecule has 2 aromatic carbocycles. The van der Waals surface area contributed by atoms with Gasteiger partial charge >= 0.3 is 5.63 Å². The number of benzene rings is 2. The Morgan fingerprint density at radius 3 is 2.38 bits per heavy atom. The van der Waals surface area contributed by atoms with Gasteiger partial charge < -0.3 is 14.3 Å². The van der Waals surface area contributed by atoms with Crippen LogP contribution in [0.25, 0.3) is 22.5 Å². The molecule has 2 heterocycles. The molecule has 3 aromatic rings. The number of hydrogen-bond acceptors (Lipinski definition) is 6. The molecule has 26 heavy (non-hydrogen) atoms. The first-order chi connectivity index (χ1) is 12.3. The number of fused-ring (bicyclic) bond motifs is 3. The smallest absolute Gasteiger partial charge is 0.344 e. The van der Waals surface area contributed by atoms with Crippen molar-refractivity contribution in [2.45, 2.75) is 11.2 Å². The zero-order valence-corrected chi connectivity index (χ0v) is 14.5. The Bertz CT molecular complexity index is 1160. The quantitative estimate of drug-likeness (QED) is 0.745. The number of aliphatic hydroxyl groups is 1. The molecule has 0 aliphatic carbocycles. The molecule has 0 fully saturated rings. The summed E-state index contributed by atoms with van der Waals surface area (Å²) in [4.78, 5) is 12.6. The first kappa shape index (κ1) is 16.6. The van der Waals surface area contributed by atoms with Crippen molar-refractivity contribution < 1.29 is 22.7 Å². The van der Waals surface area contributed by atoms with E-state index in [1.165, 1.54) is 30.3 Å². The van der Waals surface area contributed by atoms with Crippen LogP contribution in [0.5, 0.6) is 5.75 Å². The second-order valence-electron chi connectivity index (χ2n) is 5.99. The summed E-state index contributed by atoms with van der Waals surface area (Å²) in [6, 6.07) is 14.4. The van der Waals surface area contributed by atoms with Crippen LogP contribution in [0.1, 0.15) is 11.9 Å². The lowest BCUT2D eigenvalue weighted by Gasteiger charge is -2.24. The van der Waals surface area contributed by atoms with Gasteiger partial charge in [-0.2, -0.15) is 0 Å². The van der Waals surface area contributed by atoms with Crippen molar-refractivity contribution in [3.05, 3.63) is 70.6 Å². The maximum Gasteiger partial charge on any atom is 0.344 e. The highest BCUT2D eigenvalue weighted by atomic mass is 32.2. The molecule has 0 spiro atoms. The lowest BCUT2D eigenvalue weighted by Crippen LogP contribution is -2.16. The Kier molecular flexibility index (Phi) is 3.71. The van der Waals surface area contributed by atoms with Crippen molar-refractivity contribution >= 4 is 9.84 Å². The third-order valence-electron chi connectivity index (χ3n) is 4.21. The number of ether oxygens (including phenoxy) is 1. The fraction of sp³-hybridized carbons (Fsp3) is 0.105. The Morgan fingerprint density at radius 2 is 1.69 bits per heavy atom. The van der Waals surface area contributed by atoms with Crippen LogP contribution in [0.15, 0.2) is 68.7 Å². The van der Waals surface area contributed by atoms with E-state index in [1.807, 2.05) is 0 Å². The molecule has 132 valence electrons. The van der Waals surface area contributed by atoms with Gasteiger partial charge in [0.25, 0.3) is 0 Å². The Labute approximate surface area is 149 Å². The van der Waals surface area contributed by atoms with E-state index >= 15 is 0 Å². The lowest BCUT2D eigenvalue weighted by molar-refractivity contribution is -0.0231. The molecule has 1 atom stereocenters. The molecule has 1 unspecified atom stereocenters. The Hall–Kier alpha value is -2.90. The van der Waals surface area contributed by atoms with Crippen LogP contribution in [0.4, 0.5) is 0 Å². The monoisotopic (exact) mass is 370 g/mol. The van der Waals surface area contributed by atoms with Gasteiger partial charge in [0.15, 0.2) is 15.6 Å². The highest BCUT2D eigenvalue weighted by Gasteiger charge is 2.28. The molecular weight excluding hydrogens is 356 g/mol. The third-order valence-corrected chi connectivity index (χ3v) is 5.33. The van der Waals surface area contributed by atoms with Crippen LogP contribution in [-0.4, -0.2) is 19.8 Å². The van der Waals surface area contributed by atoms with E-state index < -0.39 is 21.8 Å². The van der Waals surface area contributed by atoms with Gasteiger partial charge in [-0.15, -0.1) is 0 Å². The number of sulfone groups is 1. The van der Waals surface area contributed by atoms with E-state index in [4.69, 9.17) is 9.15 Å². The molecule has 1 N–H and O–H groups in total. The number of aliphatic hydroxyl groups excluding tert-OH is 1. The van der Waals surface area contributed by atoms with Crippen molar-refractivity contribution in [1.29, 1.82) is 0 Å². The first-order valence-electron chi connectivity index (χ1n) is 7.77. The van der Waals surface area contributed by atoms with E-state index in [0.29, 0.717) is 22.4 Å². The largest absolute Gasteiger partial charge is 0.460 e. The maximum atomic E-state index is 12.5. The average molecular weight is 370 g/mol. The van der Waals surface area contributed by atoms with E-state index in [1.54, 1.807) is 24.3 Å². The van der Waals surface area contributed by atoms with Crippen molar-refractivity contribution in [2.24, 2.45) is 0 Å². The summed E-state index contributed by atoms with van der Waals surface area (Å²) in [5.41, 5.74) is 1.04. The maximum absolute atomic E-state index is 12.5. The summed E-state index contributed by atoms with van der Waals surface area (Å²) >= 11 is 0. The molecule has 1 aromatic heterocycles. The summed E-state index contributed by atoms with van der Waals surface area (Å²) in [6.45, 7) is 0. The van der Waals surface area contributed by atoms with Gasteiger partial charge in [-0.1, -0.05) is 24.3 Å². The molecule has 0 saturated heterocycles. The van der Waals surface area contributed by atoms with E-state index in [9.17, 15) is 18.3 Å². The molecule has 0 saturated carbocycles. The topological polar surface area (TPSA) is 93.8 Å². The van der Waals surface area contributed by atoms with Crippen molar-refractivity contribution in [2.75, 3.05) is 6.26 Å². The fourth-order valence-electron chi connectivity index (χ4n) is 2.90. The van der Waals surface area contributed by atoms with Gasteiger partial charge in [-0.25, -0.2) is 13.2 Å². The van der Waals surface area contributed by atoms with Gasteiger partial charge in [0, 0.05) is 6.26 Å². The summed E-state index contributed by atoms with van der Waals surface area (Å²) in [5.74, 6) is 0.696. The molecule has 6 nitrogen and oxygen atoms in total. The number of rotatable bonds is 2. The number of hydrogen-bond donors (Lipinski definition) is 1. The Morgan fingerprint density at radius 1 is 1.00 bits per heavy atom. The van der Waals surface area contributed by atoms with Gasteiger partial charge in [0.1, 0.15) is 5.75 Å². The lowest BCUT2D eigenvalue weighted by atomic mass is 9.99. The number of para-hydroxylation sites is 1. The van der Waals surface area contributed by atoms with Gasteiger partial charge in [0.05, 0.1) is 21.6 Å². The summed E-state index contributed by atoms with van der Waals surface area (Å²) in [7, 11) is -3.33. The van der Waals surface area contributed by atoms with Gasteiger partial charge in [-0.3, -0.25) is 0 Å². The van der Waals surface area contributed by atoms with Crippen molar-refractivity contribution in [1.82, 2.24) is 0 Å². The second-order valence-corrected chi connectivity index (χ2v) is 8.01. The molecule has 0 bridgehead atoms. The van der Waals surface area contributed by atoms with Crippen molar-refractivity contribution in [3.8, 4) is 28.2 Å². The van der Waals surface area contributed by atoms with E-state index in [-0.39, 0.29) is 16.2 Å². The van der Waals surface area contributed by atoms with Gasteiger partial charge in [0.2, 0.25) is 6.29 Å². The predicted molar refractivity (Wildman–Crippen MR) is 94.5 cm³/mol. The molecular formula is C19H14O6S. The van der Waals surface area contributed by atoms with Crippen molar-refractivity contribution in [3.63, 3.8) is 0 Å². The zero-order valence-electron chi connectivity index (χ0n) is 13.7. The SMILES string of the molecule is CS(=O)(=O)c1ccc(-c2cc3c(oc2=O)-c2ccccc2OC3O)cc1. The van der Waals surface area contributed by atoms with Crippen LogP contribution >= 0.6 is 0 Å². The highest BCUT2D eigenvalue weighted by molar-refractivity contribution is 7.90. The van der Waals surface area contributed by atoms with Crippen LogP contribution in [0, 0.1) is 0 Å². The third kappa shape index (κ3) is 2.71. The minimum absolute atomic E-state index is 0.154. The second kappa shape index (κ2) is 5.82. The molecule has 7 heteroatoms. The molecule has 1 aliphatic rings. The highest BCUT2D eigenvalue weighted by Crippen LogP contribution is 2.41. The molecule has 1 aliphatic heterocycles. The molecule has 0 amide bonds. The minimum atomic E-state index is -3.33. The molecule has 4 rings (SSSR count). The average Bonchev–Trinajstić information content (AvgIpc) is 2.61. The fourth-order valence-corrected chi connectivity index (χ4v) is 3.53. The van der Waals surface area contributed by atoms with Crippen LogP contribution < -0.4 is 10.4 Å². The van der Waals surface area contributed by atoms with Crippen LogP contribution in [-0.2, 0) is 9.84 Å². The normalized spacial score (nSPS) is 15.7. The molecule has 0 radical (unpaired) electrons. The summed E-state index contributed by atoms with van der Waals surface area (Å²) in [6.07, 6.45) is -0.154. The van der Waals surface area contributed by atoms with Crippen LogP contribution in [0.2, 0.25) is 0 Å². The van der Waals surface area contributed by atoms with Crippen LogP contribution in [0.3, 0.4) is 0 Å². The van der Waals surface area contributed by atoms with E-state index in [2.05, 4.69) is 0 Å². The minimum Gasteiger partial charge on any atom is -0.460 e. The van der Waals surface area contributed by atoms with Gasteiger partial charge in [-0.05, 0) is 35.9 Å². The predicted octanol–water partition coefficient (Wildman–Crippen LogP) is 2.76. The first-order valence-corrected chi connectivity index (χ1v) is 9.66. The zero-order chi connectivity index (χ0) is 18.5. The summed E-state index contributed by atoms with van der Waals surface area (Å²) < 4.78 is 34.1. The summed E-state index contributed by atoms with van der Waals surface area (Å²) in [5, 5.41) is 10.3. The van der Waals surface area contributed by atoms with E-state index in [0.717, 1.165) is 6.26 Å². The Balaban J connectivity index is 1.86.